The molecule has 0 atom stereocenters. The van der Waals surface area contributed by atoms with Crippen molar-refractivity contribution in [2.75, 3.05) is 26.1 Å². The summed E-state index contributed by atoms with van der Waals surface area (Å²) in [5.41, 5.74) is 2.50. The van der Waals surface area contributed by atoms with Crippen LogP contribution in [-0.4, -0.2) is 21.2 Å². The number of methoxy groups -OCH3 is 1. The van der Waals surface area contributed by atoms with Crippen LogP contribution in [0.3, 0.4) is 0 Å². The molecule has 0 radical (unpaired) electrons. The average molecular weight is 229 g/mol. The highest BCUT2D eigenvalue weighted by Gasteiger charge is 2.08. The molecular weight excluding hydrogens is 210 g/mol. The number of rotatable bonds is 4. The topological polar surface area (TPSA) is 12.5 Å². The van der Waals surface area contributed by atoms with Gasteiger partial charge in [-0.25, -0.2) is 0 Å². The molecule has 0 saturated carbocycles. The van der Waals surface area contributed by atoms with Crippen molar-refractivity contribution in [3.05, 3.63) is 48.1 Å². The molecule has 0 aliphatic heterocycles. The van der Waals surface area contributed by atoms with Crippen LogP contribution in [-0.2, 0) is 6.42 Å². The van der Waals surface area contributed by atoms with Gasteiger partial charge in [-0.1, -0.05) is 24.3 Å². The van der Waals surface area contributed by atoms with Gasteiger partial charge in [0.1, 0.15) is 5.75 Å². The number of hydrogen-bond donors (Lipinski definition) is 0. The van der Waals surface area contributed by atoms with E-state index in [1.807, 2.05) is 14.1 Å². The Balaban J connectivity index is 2.23. The highest BCUT2D eigenvalue weighted by molar-refractivity contribution is 5.52. The van der Waals surface area contributed by atoms with E-state index < -0.39 is 0 Å². The van der Waals surface area contributed by atoms with Crippen LogP contribution in [0, 0.1) is 5.92 Å². The standard InChI is InChI=1S/C15H19NO/c1-16(2)14-9-13(10-15(11-14)17-3)8-12-6-4-5-7-12/h4-7,9-12H,8H2,1-3H3. The van der Waals surface area contributed by atoms with Gasteiger partial charge in [-0.3, -0.25) is 0 Å². The summed E-state index contributed by atoms with van der Waals surface area (Å²) in [6.45, 7) is 0. The summed E-state index contributed by atoms with van der Waals surface area (Å²) in [4.78, 5) is 2.10. The molecule has 1 aromatic carbocycles. The summed E-state index contributed by atoms with van der Waals surface area (Å²) in [5.74, 6) is 1.45. The van der Waals surface area contributed by atoms with Gasteiger partial charge in [0.15, 0.2) is 0 Å². The zero-order chi connectivity index (χ0) is 12.3. The molecule has 2 rings (SSSR count). The van der Waals surface area contributed by atoms with Crippen molar-refractivity contribution in [3.63, 3.8) is 0 Å². The third-order valence-corrected chi connectivity index (χ3v) is 3.00. The van der Waals surface area contributed by atoms with Crippen LogP contribution < -0.4 is 9.64 Å². The van der Waals surface area contributed by atoms with Gasteiger partial charge in [0, 0.05) is 25.8 Å². The Morgan fingerprint density at radius 2 is 1.82 bits per heavy atom. The van der Waals surface area contributed by atoms with E-state index in [9.17, 15) is 0 Å². The largest absolute Gasteiger partial charge is 0.497 e. The van der Waals surface area contributed by atoms with Crippen LogP contribution in [0.5, 0.6) is 5.75 Å². The van der Waals surface area contributed by atoms with Crippen molar-refractivity contribution in [2.45, 2.75) is 6.42 Å². The van der Waals surface area contributed by atoms with Crippen molar-refractivity contribution in [2.24, 2.45) is 5.92 Å². The van der Waals surface area contributed by atoms with E-state index in [-0.39, 0.29) is 0 Å². The first-order chi connectivity index (χ1) is 8.19. The molecule has 0 saturated heterocycles. The van der Waals surface area contributed by atoms with Gasteiger partial charge in [0.25, 0.3) is 0 Å². The molecular formula is C15H19NO. The van der Waals surface area contributed by atoms with Crippen LogP contribution in [0.25, 0.3) is 0 Å². The molecule has 1 aliphatic carbocycles. The fraction of sp³-hybridized carbons (Fsp3) is 0.333. The van der Waals surface area contributed by atoms with Gasteiger partial charge in [0.05, 0.1) is 7.11 Å². The Morgan fingerprint density at radius 1 is 1.12 bits per heavy atom. The zero-order valence-corrected chi connectivity index (χ0v) is 10.7. The van der Waals surface area contributed by atoms with Crippen molar-refractivity contribution < 1.29 is 4.74 Å². The first-order valence-corrected chi connectivity index (χ1v) is 5.89. The van der Waals surface area contributed by atoms with Gasteiger partial charge in [0.2, 0.25) is 0 Å². The minimum absolute atomic E-state index is 0.525. The lowest BCUT2D eigenvalue weighted by Crippen LogP contribution is -2.09. The van der Waals surface area contributed by atoms with E-state index in [0.29, 0.717) is 5.92 Å². The minimum Gasteiger partial charge on any atom is -0.497 e. The number of anilines is 1. The Bertz CT molecular complexity index is 434. The normalized spacial score (nSPS) is 14.3. The maximum atomic E-state index is 5.35. The molecule has 1 aromatic rings. The molecule has 2 nitrogen and oxygen atoms in total. The fourth-order valence-corrected chi connectivity index (χ4v) is 2.02. The van der Waals surface area contributed by atoms with E-state index >= 15 is 0 Å². The van der Waals surface area contributed by atoms with Crippen molar-refractivity contribution >= 4 is 5.69 Å². The summed E-state index contributed by atoms with van der Waals surface area (Å²) >= 11 is 0. The van der Waals surface area contributed by atoms with Crippen molar-refractivity contribution in [1.82, 2.24) is 0 Å². The summed E-state index contributed by atoms with van der Waals surface area (Å²) < 4.78 is 5.35. The van der Waals surface area contributed by atoms with Crippen LogP contribution in [0.15, 0.2) is 42.5 Å². The second-order valence-corrected chi connectivity index (χ2v) is 4.57. The van der Waals surface area contributed by atoms with E-state index in [1.165, 1.54) is 11.3 Å². The molecule has 0 heterocycles. The average Bonchev–Trinajstić information content (AvgIpc) is 2.81. The summed E-state index contributed by atoms with van der Waals surface area (Å²) in [5, 5.41) is 0. The molecule has 0 bridgehead atoms. The minimum atomic E-state index is 0.525. The van der Waals surface area contributed by atoms with Crippen molar-refractivity contribution in [3.8, 4) is 5.75 Å². The second-order valence-electron chi connectivity index (χ2n) is 4.57. The molecule has 0 aromatic heterocycles. The lowest BCUT2D eigenvalue weighted by atomic mass is 10.00. The van der Waals surface area contributed by atoms with E-state index in [0.717, 1.165) is 12.2 Å². The summed E-state index contributed by atoms with van der Waals surface area (Å²) in [6.07, 6.45) is 9.71. The number of allylic oxidation sites excluding steroid dienone is 4. The van der Waals surface area contributed by atoms with E-state index in [1.54, 1.807) is 7.11 Å². The Hall–Kier alpha value is -1.70. The van der Waals surface area contributed by atoms with E-state index in [2.05, 4.69) is 47.4 Å². The monoisotopic (exact) mass is 229 g/mol. The van der Waals surface area contributed by atoms with Gasteiger partial charge in [-0.2, -0.15) is 0 Å². The Labute approximate surface area is 103 Å². The Kier molecular flexibility index (Phi) is 3.52. The fourth-order valence-electron chi connectivity index (χ4n) is 2.02. The van der Waals surface area contributed by atoms with Crippen LogP contribution in [0.1, 0.15) is 5.56 Å². The number of hydrogen-bond acceptors (Lipinski definition) is 2. The van der Waals surface area contributed by atoms with Crippen LogP contribution in [0.4, 0.5) is 5.69 Å². The van der Waals surface area contributed by atoms with Gasteiger partial charge in [-0.05, 0) is 30.0 Å². The number of nitrogens with zero attached hydrogens (tertiary/aromatic N) is 1. The smallest absolute Gasteiger partial charge is 0.121 e. The maximum Gasteiger partial charge on any atom is 0.121 e. The molecule has 1 aliphatic rings. The molecule has 0 spiro atoms. The molecule has 2 heteroatoms. The SMILES string of the molecule is COc1cc(CC2C=CC=C2)cc(N(C)C)c1. The van der Waals surface area contributed by atoms with Crippen LogP contribution >= 0.6 is 0 Å². The first-order valence-electron chi connectivity index (χ1n) is 5.89. The predicted octanol–water partition coefficient (Wildman–Crippen LogP) is 3.05. The van der Waals surface area contributed by atoms with Crippen LogP contribution in [0.2, 0.25) is 0 Å². The molecule has 0 amide bonds. The van der Waals surface area contributed by atoms with E-state index in [4.69, 9.17) is 4.74 Å². The highest BCUT2D eigenvalue weighted by Crippen LogP contribution is 2.25. The molecule has 0 N–H and O–H groups in total. The zero-order valence-electron chi connectivity index (χ0n) is 10.7. The lowest BCUT2D eigenvalue weighted by Gasteiger charge is -2.16. The molecule has 90 valence electrons. The third kappa shape index (κ3) is 2.90. The van der Waals surface area contributed by atoms with Gasteiger partial charge in [-0.15, -0.1) is 0 Å². The third-order valence-electron chi connectivity index (χ3n) is 3.00. The molecule has 17 heavy (non-hydrogen) atoms. The second kappa shape index (κ2) is 5.09. The van der Waals surface area contributed by atoms with Gasteiger partial charge < -0.3 is 9.64 Å². The Morgan fingerprint density at radius 3 is 2.41 bits per heavy atom. The highest BCUT2D eigenvalue weighted by atomic mass is 16.5. The predicted molar refractivity (Wildman–Crippen MR) is 72.8 cm³/mol. The molecule has 0 fully saturated rings. The van der Waals surface area contributed by atoms with Crippen molar-refractivity contribution in [1.29, 1.82) is 0 Å². The number of ether oxygens (including phenoxy) is 1. The first kappa shape index (κ1) is 11.8. The molecule has 0 unspecified atom stereocenters. The summed E-state index contributed by atoms with van der Waals surface area (Å²) in [7, 11) is 5.82. The maximum absolute atomic E-state index is 5.35. The van der Waals surface area contributed by atoms with Gasteiger partial charge >= 0.3 is 0 Å². The quantitative estimate of drug-likeness (QED) is 0.787. The number of benzene rings is 1. The lowest BCUT2D eigenvalue weighted by molar-refractivity contribution is 0.414. The summed E-state index contributed by atoms with van der Waals surface area (Å²) in [6, 6.07) is 6.40.